The molecular formula is C22H26N4O3. The lowest BCUT2D eigenvalue weighted by Gasteiger charge is -2.49. The Morgan fingerprint density at radius 1 is 1.07 bits per heavy atom. The zero-order valence-corrected chi connectivity index (χ0v) is 16.5. The molecule has 3 unspecified atom stereocenters. The van der Waals surface area contributed by atoms with Crippen molar-refractivity contribution in [2.24, 2.45) is 10.8 Å². The SMILES string of the molecule is O=C1CCC(N2Cc3cccc(CN4CC56CCC5(CNC6)C4)c3C2=O)C(=O)N1. The highest BCUT2D eigenvalue weighted by Gasteiger charge is 2.66. The van der Waals surface area contributed by atoms with Gasteiger partial charge in [0.05, 0.1) is 0 Å². The van der Waals surface area contributed by atoms with Crippen molar-refractivity contribution in [1.29, 1.82) is 0 Å². The first-order valence-corrected chi connectivity index (χ1v) is 10.7. The van der Waals surface area contributed by atoms with E-state index in [1.807, 2.05) is 12.1 Å². The van der Waals surface area contributed by atoms with Gasteiger partial charge in [0, 0.05) is 62.1 Å². The van der Waals surface area contributed by atoms with Gasteiger partial charge in [-0.1, -0.05) is 18.2 Å². The summed E-state index contributed by atoms with van der Waals surface area (Å²) in [6.45, 7) is 5.70. The summed E-state index contributed by atoms with van der Waals surface area (Å²) in [7, 11) is 0. The lowest BCUT2D eigenvalue weighted by Crippen LogP contribution is -2.52. The van der Waals surface area contributed by atoms with Crippen LogP contribution in [0.5, 0.6) is 0 Å². The molecule has 1 aliphatic carbocycles. The van der Waals surface area contributed by atoms with Crippen LogP contribution in [0.2, 0.25) is 0 Å². The van der Waals surface area contributed by atoms with Gasteiger partial charge in [-0.3, -0.25) is 24.6 Å². The van der Waals surface area contributed by atoms with Crippen LogP contribution in [0.4, 0.5) is 0 Å². The number of rotatable bonds is 3. The molecule has 3 amide bonds. The largest absolute Gasteiger partial charge is 0.322 e. The maximum Gasteiger partial charge on any atom is 0.255 e. The van der Waals surface area contributed by atoms with Gasteiger partial charge in [0.15, 0.2) is 0 Å². The number of hydrogen-bond donors (Lipinski definition) is 2. The monoisotopic (exact) mass is 394 g/mol. The molecule has 0 aromatic heterocycles. The van der Waals surface area contributed by atoms with Crippen molar-refractivity contribution in [2.75, 3.05) is 26.2 Å². The maximum atomic E-state index is 13.3. The number of fused-ring (bicyclic) bond motifs is 1. The minimum atomic E-state index is -0.550. The number of carbonyl (C=O) groups excluding carboxylic acids is 3. The van der Waals surface area contributed by atoms with E-state index in [4.69, 9.17) is 0 Å². The van der Waals surface area contributed by atoms with Crippen molar-refractivity contribution < 1.29 is 14.4 Å². The van der Waals surface area contributed by atoms with Crippen LogP contribution in [-0.4, -0.2) is 59.7 Å². The average Bonchev–Trinajstić information content (AvgIpc) is 3.18. The first kappa shape index (κ1) is 17.6. The van der Waals surface area contributed by atoms with Gasteiger partial charge in [0.2, 0.25) is 11.8 Å². The predicted molar refractivity (Wildman–Crippen MR) is 105 cm³/mol. The van der Waals surface area contributed by atoms with E-state index in [2.05, 4.69) is 21.6 Å². The highest BCUT2D eigenvalue weighted by atomic mass is 16.2. The predicted octanol–water partition coefficient (Wildman–Crippen LogP) is 0.633. The van der Waals surface area contributed by atoms with E-state index in [9.17, 15) is 14.4 Å². The van der Waals surface area contributed by atoms with Gasteiger partial charge in [0.1, 0.15) is 6.04 Å². The Hall–Kier alpha value is -2.25. The van der Waals surface area contributed by atoms with Crippen molar-refractivity contribution in [2.45, 2.75) is 44.8 Å². The van der Waals surface area contributed by atoms with Crippen LogP contribution < -0.4 is 10.6 Å². The van der Waals surface area contributed by atoms with Crippen LogP contribution >= 0.6 is 0 Å². The molecule has 6 rings (SSSR count). The number of imide groups is 1. The third kappa shape index (κ3) is 2.34. The van der Waals surface area contributed by atoms with E-state index < -0.39 is 6.04 Å². The highest BCUT2D eigenvalue weighted by molar-refractivity contribution is 6.06. The molecular weight excluding hydrogens is 368 g/mol. The summed E-state index contributed by atoms with van der Waals surface area (Å²) in [5.41, 5.74) is 3.72. The van der Waals surface area contributed by atoms with E-state index in [0.29, 0.717) is 23.8 Å². The van der Waals surface area contributed by atoms with Crippen LogP contribution in [0.1, 0.15) is 47.2 Å². The number of piperidine rings is 1. The maximum absolute atomic E-state index is 13.3. The quantitative estimate of drug-likeness (QED) is 0.735. The van der Waals surface area contributed by atoms with Crippen LogP contribution in [-0.2, 0) is 22.7 Å². The molecule has 2 N–H and O–H groups in total. The Morgan fingerprint density at radius 2 is 1.83 bits per heavy atom. The third-order valence-electron chi connectivity index (χ3n) is 8.22. The summed E-state index contributed by atoms with van der Waals surface area (Å²) < 4.78 is 0. The third-order valence-corrected chi connectivity index (χ3v) is 8.22. The lowest BCUT2D eigenvalue weighted by atomic mass is 9.53. The molecule has 1 aromatic carbocycles. The Labute approximate surface area is 169 Å². The summed E-state index contributed by atoms with van der Waals surface area (Å²) in [5, 5.41) is 5.98. The fourth-order valence-electron chi connectivity index (χ4n) is 6.62. The number of nitrogens with one attached hydrogen (secondary N) is 2. The van der Waals surface area contributed by atoms with Crippen molar-refractivity contribution in [3.8, 4) is 0 Å². The Kier molecular flexibility index (Phi) is 3.57. The van der Waals surface area contributed by atoms with Gasteiger partial charge in [-0.2, -0.15) is 0 Å². The molecule has 152 valence electrons. The van der Waals surface area contributed by atoms with Crippen molar-refractivity contribution >= 4 is 17.7 Å². The number of amides is 3. The average molecular weight is 394 g/mol. The van der Waals surface area contributed by atoms with Crippen molar-refractivity contribution in [3.05, 3.63) is 34.9 Å². The Morgan fingerprint density at radius 3 is 2.52 bits per heavy atom. The van der Waals surface area contributed by atoms with E-state index in [1.165, 1.54) is 12.8 Å². The summed E-state index contributed by atoms with van der Waals surface area (Å²) in [5.74, 6) is -0.664. The van der Waals surface area contributed by atoms with Crippen molar-refractivity contribution in [3.63, 3.8) is 0 Å². The number of nitrogens with zero attached hydrogens (tertiary/aromatic N) is 2. The van der Waals surface area contributed by atoms with Crippen molar-refractivity contribution in [1.82, 2.24) is 20.4 Å². The molecule has 3 saturated heterocycles. The van der Waals surface area contributed by atoms with Gasteiger partial charge in [-0.05, 0) is 30.4 Å². The minimum absolute atomic E-state index is 0.0644. The van der Waals surface area contributed by atoms with Crippen LogP contribution in [0.25, 0.3) is 0 Å². The molecule has 0 bridgehead atoms. The molecule has 4 fully saturated rings. The molecule has 1 saturated carbocycles. The summed E-state index contributed by atoms with van der Waals surface area (Å²) in [6, 6.07) is 5.53. The summed E-state index contributed by atoms with van der Waals surface area (Å²) in [6.07, 6.45) is 3.32. The van der Waals surface area contributed by atoms with E-state index in [1.54, 1.807) is 4.90 Å². The zero-order valence-electron chi connectivity index (χ0n) is 16.5. The van der Waals surface area contributed by atoms with Crippen LogP contribution in [0, 0.1) is 10.8 Å². The van der Waals surface area contributed by atoms with E-state index in [0.717, 1.165) is 49.4 Å². The number of carbonyl (C=O) groups is 3. The highest BCUT2D eigenvalue weighted by Crippen LogP contribution is 2.63. The van der Waals surface area contributed by atoms with E-state index in [-0.39, 0.29) is 24.1 Å². The molecule has 4 heterocycles. The van der Waals surface area contributed by atoms with Gasteiger partial charge in [-0.25, -0.2) is 0 Å². The number of likely N-dealkylation sites (tertiary alicyclic amines) is 1. The normalized spacial score (nSPS) is 35.9. The van der Waals surface area contributed by atoms with E-state index >= 15 is 0 Å². The van der Waals surface area contributed by atoms with Gasteiger partial charge in [-0.15, -0.1) is 0 Å². The number of benzene rings is 1. The molecule has 1 aromatic rings. The second-order valence-electron chi connectivity index (χ2n) is 9.66. The first-order valence-electron chi connectivity index (χ1n) is 10.7. The Balaban J connectivity index is 1.24. The summed E-state index contributed by atoms with van der Waals surface area (Å²) >= 11 is 0. The molecule has 0 spiro atoms. The lowest BCUT2D eigenvalue weighted by molar-refractivity contribution is -0.136. The topological polar surface area (TPSA) is 81.8 Å². The molecule has 7 heteroatoms. The second-order valence-corrected chi connectivity index (χ2v) is 9.66. The first-order chi connectivity index (χ1) is 14.0. The fraction of sp³-hybridized carbons (Fsp3) is 0.591. The standard InChI is InChI=1S/C22H26N4O3/c27-17-5-4-16(19(28)24-17)26-9-15-3-1-2-14(18(15)20(26)29)8-25-12-21-6-7-22(21,13-25)11-23-10-21/h1-3,16,23H,4-13H2,(H,24,27,28). The molecule has 3 atom stereocenters. The van der Waals surface area contributed by atoms with Crippen LogP contribution in [0.15, 0.2) is 18.2 Å². The second kappa shape index (κ2) is 5.89. The summed E-state index contributed by atoms with van der Waals surface area (Å²) in [4.78, 5) is 41.2. The molecule has 5 aliphatic rings. The zero-order chi connectivity index (χ0) is 19.8. The minimum Gasteiger partial charge on any atom is -0.322 e. The molecule has 4 aliphatic heterocycles. The number of hydrogen-bond acceptors (Lipinski definition) is 5. The van der Waals surface area contributed by atoms with Gasteiger partial charge < -0.3 is 10.2 Å². The van der Waals surface area contributed by atoms with Gasteiger partial charge in [0.25, 0.3) is 5.91 Å². The molecule has 7 nitrogen and oxygen atoms in total. The molecule has 29 heavy (non-hydrogen) atoms. The molecule has 0 radical (unpaired) electrons. The van der Waals surface area contributed by atoms with Gasteiger partial charge >= 0.3 is 0 Å². The Bertz CT molecular complexity index is 926. The fourth-order valence-corrected chi connectivity index (χ4v) is 6.62. The van der Waals surface area contributed by atoms with Crippen LogP contribution in [0.3, 0.4) is 0 Å². The smallest absolute Gasteiger partial charge is 0.255 e.